The van der Waals surface area contributed by atoms with Crippen LogP contribution in [0.1, 0.15) is 24.5 Å². The van der Waals surface area contributed by atoms with Crippen molar-refractivity contribution in [3.63, 3.8) is 0 Å². The molecule has 1 atom stereocenters. The largest absolute Gasteiger partial charge is 0.369 e. The highest BCUT2D eigenvalue weighted by molar-refractivity contribution is 7.13. The van der Waals surface area contributed by atoms with Crippen molar-refractivity contribution in [2.75, 3.05) is 25.0 Å². The summed E-state index contributed by atoms with van der Waals surface area (Å²) in [5, 5.41) is 6.03. The van der Waals surface area contributed by atoms with Crippen LogP contribution in [0, 0.1) is 0 Å². The Kier molecular flexibility index (Phi) is 4.59. The Morgan fingerprint density at radius 2 is 2.41 bits per heavy atom. The first-order valence-corrected chi connectivity index (χ1v) is 8.08. The van der Waals surface area contributed by atoms with Crippen LogP contribution in [0.4, 0.5) is 10.9 Å². The van der Waals surface area contributed by atoms with Gasteiger partial charge in [0.1, 0.15) is 0 Å². The zero-order valence-corrected chi connectivity index (χ0v) is 12.9. The SMILES string of the molecule is NC(=O)CN1CCC[C@@H](c2csc(Nc3cnccn3)n2)C1. The molecule has 1 saturated heterocycles. The number of nitrogens with zero attached hydrogens (tertiary/aromatic N) is 4. The predicted octanol–water partition coefficient (Wildman–Crippen LogP) is 1.34. The van der Waals surface area contributed by atoms with Crippen LogP contribution < -0.4 is 11.1 Å². The minimum atomic E-state index is -0.274. The topological polar surface area (TPSA) is 97.0 Å². The van der Waals surface area contributed by atoms with E-state index >= 15 is 0 Å². The molecule has 0 bridgehead atoms. The second-order valence-corrected chi connectivity index (χ2v) is 6.19. The van der Waals surface area contributed by atoms with Crippen molar-refractivity contribution in [3.05, 3.63) is 29.7 Å². The van der Waals surface area contributed by atoms with Gasteiger partial charge in [-0.25, -0.2) is 9.97 Å². The second-order valence-electron chi connectivity index (χ2n) is 5.33. The van der Waals surface area contributed by atoms with Crippen molar-refractivity contribution in [2.24, 2.45) is 5.73 Å². The van der Waals surface area contributed by atoms with Gasteiger partial charge in [-0.2, -0.15) is 0 Å². The van der Waals surface area contributed by atoms with Crippen LogP contribution in [-0.2, 0) is 4.79 Å². The molecule has 8 heteroatoms. The lowest BCUT2D eigenvalue weighted by Gasteiger charge is -2.30. The van der Waals surface area contributed by atoms with Gasteiger partial charge in [0.2, 0.25) is 5.91 Å². The fraction of sp³-hybridized carbons (Fsp3) is 0.429. The van der Waals surface area contributed by atoms with E-state index in [1.165, 1.54) is 0 Å². The smallest absolute Gasteiger partial charge is 0.231 e. The number of carbonyl (C=O) groups excluding carboxylic acids is 1. The van der Waals surface area contributed by atoms with Crippen LogP contribution in [0.15, 0.2) is 24.0 Å². The Labute approximate surface area is 132 Å². The molecule has 0 spiro atoms. The van der Waals surface area contributed by atoms with Gasteiger partial charge in [0, 0.05) is 30.2 Å². The van der Waals surface area contributed by atoms with Crippen LogP contribution in [0.2, 0.25) is 0 Å². The normalized spacial score (nSPS) is 19.0. The zero-order chi connectivity index (χ0) is 15.4. The fourth-order valence-corrected chi connectivity index (χ4v) is 3.46. The van der Waals surface area contributed by atoms with Crippen molar-refractivity contribution >= 4 is 28.2 Å². The summed E-state index contributed by atoms with van der Waals surface area (Å²) < 4.78 is 0. The van der Waals surface area contributed by atoms with Crippen molar-refractivity contribution in [1.82, 2.24) is 19.9 Å². The Bertz CT molecular complexity index is 631. The lowest BCUT2D eigenvalue weighted by atomic mass is 9.95. The van der Waals surface area contributed by atoms with Crippen LogP contribution >= 0.6 is 11.3 Å². The maximum Gasteiger partial charge on any atom is 0.231 e. The number of anilines is 2. The number of carbonyl (C=O) groups is 1. The molecule has 0 radical (unpaired) electrons. The predicted molar refractivity (Wildman–Crippen MR) is 85.0 cm³/mol. The second kappa shape index (κ2) is 6.80. The number of hydrogen-bond acceptors (Lipinski definition) is 7. The number of amides is 1. The fourth-order valence-electron chi connectivity index (χ4n) is 2.67. The van der Waals surface area contributed by atoms with Gasteiger partial charge in [0.15, 0.2) is 10.9 Å². The van der Waals surface area contributed by atoms with E-state index in [9.17, 15) is 4.79 Å². The van der Waals surface area contributed by atoms with Crippen LogP contribution in [0.25, 0.3) is 0 Å². The number of piperidine rings is 1. The van der Waals surface area contributed by atoms with Gasteiger partial charge in [-0.05, 0) is 19.4 Å². The van der Waals surface area contributed by atoms with Gasteiger partial charge >= 0.3 is 0 Å². The number of nitrogens with two attached hydrogens (primary N) is 1. The number of rotatable bonds is 5. The summed E-state index contributed by atoms with van der Waals surface area (Å²) in [6.45, 7) is 2.08. The highest BCUT2D eigenvalue weighted by Gasteiger charge is 2.24. The summed E-state index contributed by atoms with van der Waals surface area (Å²) in [4.78, 5) is 26.0. The molecule has 1 aliphatic heterocycles. The van der Waals surface area contributed by atoms with Crippen LogP contribution in [0.5, 0.6) is 0 Å². The number of likely N-dealkylation sites (tertiary alicyclic amines) is 1. The zero-order valence-electron chi connectivity index (χ0n) is 12.1. The third-order valence-corrected chi connectivity index (χ3v) is 4.40. The summed E-state index contributed by atoms with van der Waals surface area (Å²) in [5.74, 6) is 0.757. The van der Waals surface area contributed by atoms with Crippen molar-refractivity contribution in [1.29, 1.82) is 0 Å². The van der Waals surface area contributed by atoms with E-state index in [-0.39, 0.29) is 5.91 Å². The number of nitrogens with one attached hydrogen (secondary N) is 1. The first-order chi connectivity index (χ1) is 10.7. The van der Waals surface area contributed by atoms with Crippen molar-refractivity contribution in [3.8, 4) is 0 Å². The van der Waals surface area contributed by atoms with Crippen LogP contribution in [0.3, 0.4) is 0 Å². The molecular formula is C14H18N6OS. The summed E-state index contributed by atoms with van der Waals surface area (Å²) in [7, 11) is 0. The molecule has 3 rings (SSSR count). The molecule has 1 fully saturated rings. The lowest BCUT2D eigenvalue weighted by Crippen LogP contribution is -2.40. The third-order valence-electron chi connectivity index (χ3n) is 3.62. The Balaban J connectivity index is 1.64. The van der Waals surface area contributed by atoms with E-state index in [1.807, 2.05) is 0 Å². The molecule has 0 aromatic carbocycles. The first-order valence-electron chi connectivity index (χ1n) is 7.20. The van der Waals surface area contributed by atoms with Crippen molar-refractivity contribution in [2.45, 2.75) is 18.8 Å². The minimum Gasteiger partial charge on any atom is -0.369 e. The van der Waals surface area contributed by atoms with E-state index in [4.69, 9.17) is 5.73 Å². The standard InChI is InChI=1S/C14H18N6OS/c15-12(21)8-20-5-1-2-10(7-20)11-9-22-14(18-11)19-13-6-16-3-4-17-13/h3-4,6,9-10H,1-2,5,7-8H2,(H2,15,21)(H,17,18,19)/t10-/m1/s1. The molecule has 3 heterocycles. The summed E-state index contributed by atoms with van der Waals surface area (Å²) in [6, 6.07) is 0. The Morgan fingerprint density at radius 3 is 3.18 bits per heavy atom. The van der Waals surface area contributed by atoms with Gasteiger partial charge in [-0.15, -0.1) is 11.3 Å². The molecule has 0 aliphatic carbocycles. The average Bonchev–Trinajstić information content (AvgIpc) is 2.96. The molecule has 2 aromatic rings. The molecule has 3 N–H and O–H groups in total. The first kappa shape index (κ1) is 14.9. The van der Waals surface area contributed by atoms with E-state index in [0.717, 1.165) is 36.8 Å². The number of thiazole rings is 1. The molecule has 0 unspecified atom stereocenters. The summed E-state index contributed by atoms with van der Waals surface area (Å²) in [5.41, 5.74) is 6.34. The number of aromatic nitrogens is 3. The number of primary amides is 1. The Morgan fingerprint density at radius 1 is 1.50 bits per heavy atom. The molecule has 7 nitrogen and oxygen atoms in total. The molecule has 1 amide bonds. The summed E-state index contributed by atoms with van der Waals surface area (Å²) >= 11 is 1.55. The van der Waals surface area contributed by atoms with Crippen molar-refractivity contribution < 1.29 is 4.79 Å². The van der Waals surface area contributed by atoms with E-state index in [2.05, 4.69) is 30.5 Å². The van der Waals surface area contributed by atoms with E-state index in [1.54, 1.807) is 29.9 Å². The molecule has 1 aliphatic rings. The minimum absolute atomic E-state index is 0.274. The maximum absolute atomic E-state index is 11.1. The molecule has 116 valence electrons. The van der Waals surface area contributed by atoms with E-state index < -0.39 is 0 Å². The Hall–Kier alpha value is -2.06. The number of hydrogen-bond donors (Lipinski definition) is 2. The maximum atomic E-state index is 11.1. The van der Waals surface area contributed by atoms with Gasteiger partial charge in [0.25, 0.3) is 0 Å². The highest BCUT2D eigenvalue weighted by Crippen LogP contribution is 2.30. The van der Waals surface area contributed by atoms with Gasteiger partial charge in [-0.1, -0.05) is 0 Å². The summed E-state index contributed by atoms with van der Waals surface area (Å²) in [6.07, 6.45) is 7.08. The molecule has 2 aromatic heterocycles. The molecular weight excluding hydrogens is 300 g/mol. The van der Waals surface area contributed by atoms with Gasteiger partial charge in [-0.3, -0.25) is 14.7 Å². The lowest BCUT2D eigenvalue weighted by molar-refractivity contribution is -0.119. The average molecular weight is 318 g/mol. The monoisotopic (exact) mass is 318 g/mol. The quantitative estimate of drug-likeness (QED) is 0.863. The van der Waals surface area contributed by atoms with E-state index in [0.29, 0.717) is 18.3 Å². The highest BCUT2D eigenvalue weighted by atomic mass is 32.1. The molecule has 0 saturated carbocycles. The van der Waals surface area contributed by atoms with Gasteiger partial charge < -0.3 is 11.1 Å². The van der Waals surface area contributed by atoms with Crippen LogP contribution in [-0.4, -0.2) is 45.4 Å². The molecule has 22 heavy (non-hydrogen) atoms. The van der Waals surface area contributed by atoms with Gasteiger partial charge in [0.05, 0.1) is 18.4 Å². The third kappa shape index (κ3) is 3.77.